The Bertz CT molecular complexity index is 1590. The summed E-state index contributed by atoms with van der Waals surface area (Å²) >= 11 is 0. The largest absolute Gasteiger partial charge is 0.491 e. The Hall–Kier alpha value is -4.05. The Balaban J connectivity index is 1.51. The Morgan fingerprint density at radius 2 is 2.02 bits per heavy atom. The summed E-state index contributed by atoms with van der Waals surface area (Å²) in [7, 11) is 1.86. The van der Waals surface area contributed by atoms with Crippen molar-refractivity contribution in [2.24, 2.45) is 7.05 Å². The van der Waals surface area contributed by atoms with Crippen LogP contribution >= 0.6 is 0 Å². The van der Waals surface area contributed by atoms with Gasteiger partial charge in [-0.3, -0.25) is 9.69 Å². The van der Waals surface area contributed by atoms with E-state index in [1.165, 1.54) is 6.07 Å². The molecule has 4 aromatic rings. The van der Waals surface area contributed by atoms with Crippen LogP contribution in [0.15, 0.2) is 36.4 Å². The van der Waals surface area contributed by atoms with Gasteiger partial charge in [0, 0.05) is 38.7 Å². The van der Waals surface area contributed by atoms with E-state index in [-0.39, 0.29) is 24.4 Å². The first-order valence-corrected chi connectivity index (χ1v) is 14.0. The number of carbonyl (C=O) groups excluding carboxylic acids is 1. The van der Waals surface area contributed by atoms with E-state index in [1.807, 2.05) is 33.9 Å². The van der Waals surface area contributed by atoms with Crippen molar-refractivity contribution in [1.29, 1.82) is 0 Å². The number of aromatic nitrogens is 4. The standard InChI is InChI=1S/C31H36FN5O4/c1-6-22-16-37(17-26-28(41-22)14-25(32)31(39)33-26)15-21-12-20(9-8-18(21)3)24(13-29(38)40-7-2)23-10-11-27-30(19(23)4)34-35-36(27)5/h8-12,14,22,24H,6-7,13,15-17H2,1-5H3,(H,33,39)/t22-,24?/m1/s1. The number of hydrogen-bond acceptors (Lipinski definition) is 8. The molecule has 0 aliphatic carbocycles. The van der Waals surface area contributed by atoms with Gasteiger partial charge in [-0.15, -0.1) is 5.10 Å². The lowest BCUT2D eigenvalue weighted by Gasteiger charge is -2.25. The summed E-state index contributed by atoms with van der Waals surface area (Å²) in [4.78, 5) is 19.1. The molecule has 41 heavy (non-hydrogen) atoms. The van der Waals surface area contributed by atoms with E-state index >= 15 is 0 Å². The number of hydrogen-bond donors (Lipinski definition) is 1. The highest BCUT2D eigenvalue weighted by Crippen LogP contribution is 2.35. The molecule has 1 N–H and O–H groups in total. The van der Waals surface area contributed by atoms with Gasteiger partial charge in [0.2, 0.25) is 5.88 Å². The van der Waals surface area contributed by atoms with Crippen LogP contribution in [-0.2, 0) is 29.7 Å². The quantitative estimate of drug-likeness (QED) is 0.297. The van der Waals surface area contributed by atoms with Crippen molar-refractivity contribution in [1.82, 2.24) is 24.9 Å². The third-order valence-corrected chi connectivity index (χ3v) is 7.88. The van der Waals surface area contributed by atoms with Crippen molar-refractivity contribution >= 4 is 17.0 Å². The molecular formula is C31H36FN5O4. The maximum Gasteiger partial charge on any atom is 0.306 e. The first-order valence-electron chi connectivity index (χ1n) is 14.0. The normalized spacial score (nSPS) is 16.2. The van der Waals surface area contributed by atoms with Gasteiger partial charge in [-0.2, -0.15) is 0 Å². The van der Waals surface area contributed by atoms with Gasteiger partial charge in [0.05, 0.1) is 18.5 Å². The minimum atomic E-state index is -0.793. The summed E-state index contributed by atoms with van der Waals surface area (Å²) in [6.07, 6.45) is 0.785. The topological polar surface area (TPSA) is 103 Å². The predicted molar refractivity (Wildman–Crippen MR) is 152 cm³/mol. The Morgan fingerprint density at radius 3 is 2.78 bits per heavy atom. The van der Waals surface area contributed by atoms with Crippen molar-refractivity contribution in [3.05, 3.63) is 75.7 Å². The molecule has 1 aliphatic rings. The number of halogens is 1. The summed E-state index contributed by atoms with van der Waals surface area (Å²) in [5.74, 6) is -1.55. The molecular weight excluding hydrogens is 525 g/mol. The van der Waals surface area contributed by atoms with E-state index in [1.54, 1.807) is 4.68 Å². The van der Waals surface area contributed by atoms with E-state index in [0.29, 0.717) is 37.7 Å². The smallest absolute Gasteiger partial charge is 0.306 e. The molecule has 0 amide bonds. The molecule has 5 rings (SSSR count). The average molecular weight is 562 g/mol. The molecule has 3 heterocycles. The first-order chi connectivity index (χ1) is 19.7. The van der Waals surface area contributed by atoms with E-state index in [2.05, 4.69) is 51.4 Å². The third-order valence-electron chi connectivity index (χ3n) is 7.88. The third kappa shape index (κ3) is 5.88. The molecule has 2 atom stereocenters. The van der Waals surface area contributed by atoms with E-state index in [9.17, 15) is 14.3 Å². The van der Waals surface area contributed by atoms with Crippen molar-refractivity contribution in [3.8, 4) is 11.6 Å². The van der Waals surface area contributed by atoms with Crippen molar-refractivity contribution in [2.45, 2.75) is 65.6 Å². The van der Waals surface area contributed by atoms with Crippen LogP contribution < -0.4 is 4.74 Å². The van der Waals surface area contributed by atoms with E-state index in [0.717, 1.165) is 45.3 Å². The van der Waals surface area contributed by atoms with Crippen LogP contribution in [0.2, 0.25) is 0 Å². The number of ether oxygens (including phenoxy) is 2. The Morgan fingerprint density at radius 1 is 1.22 bits per heavy atom. The molecule has 1 aliphatic heterocycles. The van der Waals surface area contributed by atoms with Gasteiger partial charge in [0.15, 0.2) is 5.82 Å². The number of carbonyl (C=O) groups is 1. The van der Waals surface area contributed by atoms with Crippen LogP contribution in [0.25, 0.3) is 11.0 Å². The number of rotatable bonds is 8. The second-order valence-corrected chi connectivity index (χ2v) is 10.7. The van der Waals surface area contributed by atoms with Gasteiger partial charge in [-0.05, 0) is 61.1 Å². The van der Waals surface area contributed by atoms with Crippen LogP contribution in [0.5, 0.6) is 11.6 Å². The second-order valence-electron chi connectivity index (χ2n) is 10.7. The molecule has 0 saturated carbocycles. The van der Waals surface area contributed by atoms with Crippen molar-refractivity contribution in [3.63, 3.8) is 0 Å². The van der Waals surface area contributed by atoms with Crippen LogP contribution in [0.1, 0.15) is 66.1 Å². The molecule has 0 saturated heterocycles. The predicted octanol–water partition coefficient (Wildman–Crippen LogP) is 5.08. The summed E-state index contributed by atoms with van der Waals surface area (Å²) < 4.78 is 27.2. The van der Waals surface area contributed by atoms with E-state index in [4.69, 9.17) is 9.47 Å². The first kappa shape index (κ1) is 28.5. The number of fused-ring (bicyclic) bond motifs is 2. The Labute approximate surface area is 238 Å². The average Bonchev–Trinajstić information content (AvgIpc) is 3.23. The number of aromatic hydroxyl groups is 1. The zero-order valence-corrected chi connectivity index (χ0v) is 24.1. The molecule has 0 fully saturated rings. The highest BCUT2D eigenvalue weighted by molar-refractivity contribution is 5.80. The van der Waals surface area contributed by atoms with Crippen LogP contribution in [0.4, 0.5) is 4.39 Å². The molecule has 1 unspecified atom stereocenters. The van der Waals surface area contributed by atoms with Gasteiger partial charge in [-0.25, -0.2) is 14.1 Å². The molecule has 0 spiro atoms. The fourth-order valence-corrected chi connectivity index (χ4v) is 5.57. The van der Waals surface area contributed by atoms with Gasteiger partial charge >= 0.3 is 5.97 Å². The fraction of sp³-hybridized carbons (Fsp3) is 0.419. The number of benzene rings is 2. The minimum Gasteiger partial charge on any atom is -0.491 e. The summed E-state index contributed by atoms with van der Waals surface area (Å²) in [5, 5.41) is 18.4. The Kier molecular flexibility index (Phi) is 8.21. The van der Waals surface area contributed by atoms with Crippen LogP contribution in [0, 0.1) is 19.7 Å². The monoisotopic (exact) mass is 561 g/mol. The molecule has 0 radical (unpaired) electrons. The molecule has 10 heteroatoms. The van der Waals surface area contributed by atoms with E-state index < -0.39 is 11.7 Å². The number of nitrogens with zero attached hydrogens (tertiary/aromatic N) is 5. The molecule has 216 valence electrons. The lowest BCUT2D eigenvalue weighted by atomic mass is 9.84. The lowest BCUT2D eigenvalue weighted by molar-refractivity contribution is -0.143. The number of esters is 1. The zero-order valence-electron chi connectivity index (χ0n) is 24.1. The van der Waals surface area contributed by atoms with Gasteiger partial charge in [0.1, 0.15) is 23.1 Å². The number of aryl methyl sites for hydroxylation is 3. The maximum atomic E-state index is 14.0. The number of pyridine rings is 1. The lowest BCUT2D eigenvalue weighted by Crippen LogP contribution is -2.32. The van der Waals surface area contributed by atoms with Gasteiger partial charge < -0.3 is 14.6 Å². The van der Waals surface area contributed by atoms with Crippen LogP contribution in [0.3, 0.4) is 0 Å². The summed E-state index contributed by atoms with van der Waals surface area (Å²) in [6, 6.07) is 11.6. The van der Waals surface area contributed by atoms with Crippen LogP contribution in [-0.4, -0.2) is 55.2 Å². The maximum absolute atomic E-state index is 14.0. The summed E-state index contributed by atoms with van der Waals surface area (Å²) in [6.45, 7) is 9.85. The molecule has 2 aromatic carbocycles. The zero-order chi connectivity index (χ0) is 29.3. The van der Waals surface area contributed by atoms with Gasteiger partial charge in [0.25, 0.3) is 0 Å². The van der Waals surface area contributed by atoms with Crippen molar-refractivity contribution in [2.75, 3.05) is 13.2 Å². The van der Waals surface area contributed by atoms with Crippen molar-refractivity contribution < 1.29 is 23.8 Å². The molecule has 9 nitrogen and oxygen atoms in total. The fourth-order valence-electron chi connectivity index (χ4n) is 5.57. The van der Waals surface area contributed by atoms with Gasteiger partial charge in [-0.1, -0.05) is 36.4 Å². The highest BCUT2D eigenvalue weighted by atomic mass is 19.1. The molecule has 0 bridgehead atoms. The highest BCUT2D eigenvalue weighted by Gasteiger charge is 2.27. The minimum absolute atomic E-state index is 0.150. The summed E-state index contributed by atoms with van der Waals surface area (Å²) in [5.41, 5.74) is 7.44. The second kappa shape index (κ2) is 11.8. The SMILES string of the molecule is CCOC(=O)CC(c1ccc(C)c(CN2Cc3nc(O)c(F)cc3O[C@H](CC)C2)c1)c1ccc2c(nnn2C)c1C. The molecule has 2 aromatic heterocycles.